The van der Waals surface area contributed by atoms with Crippen molar-refractivity contribution in [1.29, 1.82) is 0 Å². The third-order valence-electron chi connectivity index (χ3n) is 6.11. The number of imide groups is 1. The second-order valence-electron chi connectivity index (χ2n) is 8.29. The maximum Gasteiger partial charge on any atom is 0.255 e. The minimum Gasteiger partial charge on any atom is -0.336 e. The summed E-state index contributed by atoms with van der Waals surface area (Å²) in [7, 11) is 0. The lowest BCUT2D eigenvalue weighted by atomic mass is 9.99. The van der Waals surface area contributed by atoms with Crippen molar-refractivity contribution in [3.8, 4) is 0 Å². The Balaban J connectivity index is 1.58. The van der Waals surface area contributed by atoms with E-state index in [2.05, 4.69) is 24.5 Å². The number of hydrogen-bond donors (Lipinski definition) is 2. The topological polar surface area (TPSA) is 98.8 Å². The van der Waals surface area contributed by atoms with Crippen LogP contribution < -0.4 is 10.6 Å². The molecular weight excluding hydrogens is 372 g/mol. The lowest BCUT2D eigenvalue weighted by molar-refractivity contribution is -0.136. The summed E-state index contributed by atoms with van der Waals surface area (Å²) in [6.07, 6.45) is 0.515. The Bertz CT molecular complexity index is 881. The Kier molecular flexibility index (Phi) is 5.12. The molecule has 4 amide bonds. The first-order valence-corrected chi connectivity index (χ1v) is 10.2. The molecule has 3 heterocycles. The maximum absolute atomic E-state index is 13.3. The molecule has 0 saturated carbocycles. The van der Waals surface area contributed by atoms with Gasteiger partial charge in [-0.05, 0) is 30.0 Å². The summed E-state index contributed by atoms with van der Waals surface area (Å²) in [4.78, 5) is 53.2. The molecule has 0 radical (unpaired) electrons. The van der Waals surface area contributed by atoms with Crippen LogP contribution in [0.15, 0.2) is 18.2 Å². The number of fused-ring (bicyclic) bond motifs is 1. The predicted molar refractivity (Wildman–Crippen MR) is 105 cm³/mol. The largest absolute Gasteiger partial charge is 0.336 e. The number of nitrogens with zero attached hydrogens (tertiary/aromatic N) is 2. The SMILES string of the molecule is CC(C)[C@H]1CN(C(=O)c2cccc3c2CN(C2CCC(=O)NC2=O)C3=O)CCN1. The van der Waals surface area contributed by atoms with Gasteiger partial charge in [0.1, 0.15) is 6.04 Å². The molecule has 2 fully saturated rings. The monoisotopic (exact) mass is 398 g/mol. The summed E-state index contributed by atoms with van der Waals surface area (Å²) < 4.78 is 0. The highest BCUT2D eigenvalue weighted by Crippen LogP contribution is 2.30. The van der Waals surface area contributed by atoms with Gasteiger partial charge in [-0.25, -0.2) is 0 Å². The van der Waals surface area contributed by atoms with E-state index in [1.165, 1.54) is 4.90 Å². The van der Waals surface area contributed by atoms with E-state index in [1.807, 2.05) is 4.90 Å². The second-order valence-corrected chi connectivity index (χ2v) is 8.29. The fourth-order valence-electron chi connectivity index (χ4n) is 4.37. The lowest BCUT2D eigenvalue weighted by Gasteiger charge is -2.36. The van der Waals surface area contributed by atoms with Crippen LogP contribution in [-0.2, 0) is 16.1 Å². The van der Waals surface area contributed by atoms with Gasteiger partial charge in [-0.15, -0.1) is 0 Å². The molecule has 29 heavy (non-hydrogen) atoms. The van der Waals surface area contributed by atoms with E-state index in [4.69, 9.17) is 0 Å². The zero-order valence-electron chi connectivity index (χ0n) is 16.7. The van der Waals surface area contributed by atoms with Crippen molar-refractivity contribution in [2.75, 3.05) is 19.6 Å². The molecule has 0 bridgehead atoms. The number of hydrogen-bond acceptors (Lipinski definition) is 5. The zero-order chi connectivity index (χ0) is 20.7. The van der Waals surface area contributed by atoms with Gasteiger partial charge in [0.25, 0.3) is 11.8 Å². The van der Waals surface area contributed by atoms with Crippen molar-refractivity contribution in [1.82, 2.24) is 20.4 Å². The van der Waals surface area contributed by atoms with Crippen LogP contribution in [0, 0.1) is 5.92 Å². The fourth-order valence-corrected chi connectivity index (χ4v) is 4.37. The quantitative estimate of drug-likeness (QED) is 0.724. The third-order valence-corrected chi connectivity index (χ3v) is 6.11. The van der Waals surface area contributed by atoms with Crippen molar-refractivity contribution < 1.29 is 19.2 Å². The first-order valence-electron chi connectivity index (χ1n) is 10.2. The third kappa shape index (κ3) is 3.53. The van der Waals surface area contributed by atoms with Crippen LogP contribution in [0.3, 0.4) is 0 Å². The van der Waals surface area contributed by atoms with E-state index in [-0.39, 0.29) is 36.7 Å². The van der Waals surface area contributed by atoms with Crippen molar-refractivity contribution >= 4 is 23.6 Å². The van der Waals surface area contributed by atoms with E-state index in [0.717, 1.165) is 6.54 Å². The number of benzene rings is 1. The number of piperazine rings is 1. The van der Waals surface area contributed by atoms with Gasteiger partial charge in [-0.2, -0.15) is 0 Å². The van der Waals surface area contributed by atoms with Gasteiger partial charge in [-0.3, -0.25) is 24.5 Å². The average Bonchev–Trinajstić information content (AvgIpc) is 3.04. The Morgan fingerprint density at radius 3 is 2.72 bits per heavy atom. The minimum atomic E-state index is -0.680. The first kappa shape index (κ1) is 19.6. The van der Waals surface area contributed by atoms with Crippen molar-refractivity contribution in [2.24, 2.45) is 5.92 Å². The summed E-state index contributed by atoms with van der Waals surface area (Å²) in [6, 6.07) is 4.75. The average molecular weight is 398 g/mol. The molecule has 1 unspecified atom stereocenters. The number of carbonyl (C=O) groups is 4. The Hall–Kier alpha value is -2.74. The van der Waals surface area contributed by atoms with Crippen molar-refractivity contribution in [3.05, 3.63) is 34.9 Å². The molecule has 8 heteroatoms. The summed E-state index contributed by atoms with van der Waals surface area (Å²) in [5.74, 6) is -0.685. The standard InChI is InChI=1S/C21H26N4O4/c1-12(2)16-11-24(9-8-22-16)20(28)13-4-3-5-14-15(13)10-25(21(14)29)17-6-7-18(26)23-19(17)27/h3-5,12,16-17,22H,6-11H2,1-2H3,(H,23,26,27)/t16-,17?/m1/s1. The van der Waals surface area contributed by atoms with Crippen LogP contribution in [0.2, 0.25) is 0 Å². The van der Waals surface area contributed by atoms with Gasteiger partial charge >= 0.3 is 0 Å². The normalized spacial score (nSPS) is 24.7. The lowest BCUT2D eigenvalue weighted by Crippen LogP contribution is -2.54. The molecule has 4 rings (SSSR count). The highest BCUT2D eigenvalue weighted by Gasteiger charge is 2.41. The molecule has 0 aromatic heterocycles. The molecule has 0 aliphatic carbocycles. The highest BCUT2D eigenvalue weighted by atomic mass is 16.2. The van der Waals surface area contributed by atoms with Crippen LogP contribution >= 0.6 is 0 Å². The van der Waals surface area contributed by atoms with E-state index in [9.17, 15) is 19.2 Å². The number of rotatable bonds is 3. The van der Waals surface area contributed by atoms with Gasteiger partial charge in [0.15, 0.2) is 0 Å². The van der Waals surface area contributed by atoms with Crippen LogP contribution in [-0.4, -0.2) is 65.1 Å². The van der Waals surface area contributed by atoms with E-state index < -0.39 is 11.9 Å². The Morgan fingerprint density at radius 2 is 2.00 bits per heavy atom. The molecule has 0 spiro atoms. The minimum absolute atomic E-state index is 0.0769. The summed E-state index contributed by atoms with van der Waals surface area (Å²) in [5, 5.41) is 5.75. The highest BCUT2D eigenvalue weighted by molar-refractivity contribution is 6.07. The number of carbonyl (C=O) groups excluding carboxylic acids is 4. The zero-order valence-corrected chi connectivity index (χ0v) is 16.7. The van der Waals surface area contributed by atoms with E-state index >= 15 is 0 Å². The number of piperidine rings is 1. The maximum atomic E-state index is 13.3. The molecular formula is C21H26N4O4. The molecule has 3 aliphatic heterocycles. The van der Waals surface area contributed by atoms with Crippen LogP contribution in [0.1, 0.15) is 53.0 Å². The number of nitrogens with one attached hydrogen (secondary N) is 2. The van der Waals surface area contributed by atoms with Gasteiger partial charge in [0.2, 0.25) is 11.8 Å². The molecule has 3 aliphatic rings. The molecule has 154 valence electrons. The van der Waals surface area contributed by atoms with Gasteiger partial charge in [0, 0.05) is 49.8 Å². The van der Waals surface area contributed by atoms with E-state index in [1.54, 1.807) is 18.2 Å². The predicted octanol–water partition coefficient (Wildman–Crippen LogP) is 0.518. The number of amides is 4. The van der Waals surface area contributed by atoms with Gasteiger partial charge < -0.3 is 15.1 Å². The summed E-state index contributed by atoms with van der Waals surface area (Å²) >= 11 is 0. The molecule has 1 aromatic carbocycles. The molecule has 2 N–H and O–H groups in total. The van der Waals surface area contributed by atoms with Crippen molar-refractivity contribution in [2.45, 2.75) is 45.3 Å². The van der Waals surface area contributed by atoms with Crippen molar-refractivity contribution in [3.63, 3.8) is 0 Å². The van der Waals surface area contributed by atoms with Crippen LogP contribution in [0.5, 0.6) is 0 Å². The second kappa shape index (κ2) is 7.59. The summed E-state index contributed by atoms with van der Waals surface area (Å²) in [5.41, 5.74) is 1.66. The van der Waals surface area contributed by atoms with E-state index in [0.29, 0.717) is 42.1 Å². The van der Waals surface area contributed by atoms with Gasteiger partial charge in [-0.1, -0.05) is 19.9 Å². The molecule has 1 aromatic rings. The Labute approximate surface area is 169 Å². The van der Waals surface area contributed by atoms with Gasteiger partial charge in [0.05, 0.1) is 0 Å². The smallest absolute Gasteiger partial charge is 0.255 e. The fraction of sp³-hybridized carbons (Fsp3) is 0.524. The Morgan fingerprint density at radius 1 is 1.21 bits per heavy atom. The van der Waals surface area contributed by atoms with Crippen LogP contribution in [0.25, 0.3) is 0 Å². The van der Waals surface area contributed by atoms with Crippen LogP contribution in [0.4, 0.5) is 0 Å². The molecule has 2 atom stereocenters. The summed E-state index contributed by atoms with van der Waals surface area (Å²) in [6.45, 7) is 6.46. The molecule has 2 saturated heterocycles. The molecule has 8 nitrogen and oxygen atoms in total. The first-order chi connectivity index (χ1) is 13.9.